The van der Waals surface area contributed by atoms with Gasteiger partial charge in [0, 0.05) is 6.42 Å². The molecule has 4 saturated carbocycles. The van der Waals surface area contributed by atoms with Crippen LogP contribution < -0.4 is 0 Å². The lowest BCUT2D eigenvalue weighted by Gasteiger charge is -2.38. The van der Waals surface area contributed by atoms with E-state index in [4.69, 9.17) is 0 Å². The molecule has 4 unspecified atom stereocenters. The number of rotatable bonds is 5. The van der Waals surface area contributed by atoms with E-state index in [1.807, 2.05) is 0 Å². The van der Waals surface area contributed by atoms with Gasteiger partial charge in [-0.15, -0.1) is 0 Å². The Kier molecular flexibility index (Phi) is 2.25. The highest BCUT2D eigenvalue weighted by molar-refractivity contribution is 5.51. The third kappa shape index (κ3) is 1.21. The molecule has 4 fully saturated rings. The van der Waals surface area contributed by atoms with Crippen LogP contribution in [0.2, 0.25) is 0 Å². The maximum Gasteiger partial charge on any atom is 0.120 e. The third-order valence-corrected chi connectivity index (χ3v) is 5.68. The lowest BCUT2D eigenvalue weighted by Crippen LogP contribution is -2.32. The number of aldehydes is 1. The monoisotopic (exact) mass is 220 g/mol. The molecule has 4 aliphatic rings. The molecule has 1 heteroatoms. The first-order valence-corrected chi connectivity index (χ1v) is 7.06. The molecule has 90 valence electrons. The number of carbonyl (C=O) groups is 1. The van der Waals surface area contributed by atoms with Crippen LogP contribution in [0, 0.1) is 40.9 Å². The summed E-state index contributed by atoms with van der Waals surface area (Å²) in [7, 11) is 0. The van der Waals surface area contributed by atoms with Gasteiger partial charge in [-0.1, -0.05) is 20.8 Å². The zero-order valence-electron chi connectivity index (χ0n) is 10.8. The lowest BCUT2D eigenvalue weighted by atomic mass is 9.66. The smallest absolute Gasteiger partial charge is 0.120 e. The van der Waals surface area contributed by atoms with Crippen LogP contribution in [0.25, 0.3) is 0 Å². The Morgan fingerprint density at radius 1 is 1.31 bits per heavy atom. The van der Waals surface area contributed by atoms with Crippen molar-refractivity contribution < 1.29 is 4.79 Å². The van der Waals surface area contributed by atoms with Gasteiger partial charge in [-0.3, -0.25) is 0 Å². The Balaban J connectivity index is 1.67. The van der Waals surface area contributed by atoms with E-state index in [0.717, 1.165) is 48.2 Å². The lowest BCUT2D eigenvalue weighted by molar-refractivity contribution is -0.108. The molecular formula is C15H24O. The summed E-state index contributed by atoms with van der Waals surface area (Å²) in [4.78, 5) is 10.6. The van der Waals surface area contributed by atoms with E-state index < -0.39 is 0 Å². The van der Waals surface area contributed by atoms with Crippen LogP contribution in [-0.4, -0.2) is 6.29 Å². The van der Waals surface area contributed by atoms with E-state index in [2.05, 4.69) is 20.8 Å². The van der Waals surface area contributed by atoms with Crippen molar-refractivity contribution in [3.05, 3.63) is 0 Å². The Hall–Kier alpha value is -0.330. The van der Waals surface area contributed by atoms with Gasteiger partial charge in [0.05, 0.1) is 0 Å². The highest BCUT2D eigenvalue weighted by Gasteiger charge is 2.88. The highest BCUT2D eigenvalue weighted by Crippen LogP contribution is 2.92. The second-order valence-corrected chi connectivity index (χ2v) is 7.00. The average Bonchev–Trinajstić information content (AvgIpc) is 3.00. The van der Waals surface area contributed by atoms with Gasteiger partial charge in [0.15, 0.2) is 0 Å². The largest absolute Gasteiger partial charge is 0.303 e. The summed E-state index contributed by atoms with van der Waals surface area (Å²) in [5.41, 5.74) is 0.679. The molecule has 1 nitrogen and oxygen atoms in total. The Morgan fingerprint density at radius 3 is 2.69 bits per heavy atom. The van der Waals surface area contributed by atoms with E-state index in [1.165, 1.54) is 19.3 Å². The molecule has 4 rings (SSSR count). The second-order valence-electron chi connectivity index (χ2n) is 7.00. The van der Waals surface area contributed by atoms with Crippen molar-refractivity contribution in [3.8, 4) is 0 Å². The molecule has 16 heavy (non-hydrogen) atoms. The van der Waals surface area contributed by atoms with Gasteiger partial charge in [-0.2, -0.15) is 0 Å². The molecule has 2 bridgehead atoms. The zero-order chi connectivity index (χ0) is 11.5. The average molecular weight is 220 g/mol. The highest BCUT2D eigenvalue weighted by atomic mass is 16.1. The summed E-state index contributed by atoms with van der Waals surface area (Å²) < 4.78 is 0. The molecule has 0 heterocycles. The topological polar surface area (TPSA) is 17.1 Å². The minimum absolute atomic E-state index is 0.679. The summed E-state index contributed by atoms with van der Waals surface area (Å²) >= 11 is 0. The fourth-order valence-corrected chi connectivity index (χ4v) is 5.41. The van der Waals surface area contributed by atoms with Gasteiger partial charge in [-0.05, 0) is 60.2 Å². The summed E-state index contributed by atoms with van der Waals surface area (Å²) in [6.07, 6.45) is 6.02. The zero-order valence-corrected chi connectivity index (χ0v) is 10.8. The maximum atomic E-state index is 10.6. The first kappa shape index (κ1) is 10.8. The molecule has 0 N–H and O–H groups in total. The van der Waals surface area contributed by atoms with Gasteiger partial charge in [0.1, 0.15) is 6.29 Å². The number of fused-ring (bicyclic) bond motifs is 2. The van der Waals surface area contributed by atoms with Crippen LogP contribution in [0.5, 0.6) is 0 Å². The fraction of sp³-hybridized carbons (Fsp3) is 0.933. The molecule has 0 saturated heterocycles. The molecule has 0 aliphatic heterocycles. The quantitative estimate of drug-likeness (QED) is 0.648. The van der Waals surface area contributed by atoms with Crippen LogP contribution in [0.3, 0.4) is 0 Å². The SMILES string of the molecule is CC(C)CC1CC(C)C2[C@@H]3C1[C@]23CCC=O. The Morgan fingerprint density at radius 2 is 2.06 bits per heavy atom. The van der Waals surface area contributed by atoms with E-state index in [0.29, 0.717) is 5.41 Å². The predicted molar refractivity (Wildman–Crippen MR) is 64.9 cm³/mol. The van der Waals surface area contributed by atoms with Crippen molar-refractivity contribution in [1.82, 2.24) is 0 Å². The summed E-state index contributed by atoms with van der Waals surface area (Å²) in [5, 5.41) is 0. The van der Waals surface area contributed by atoms with Crippen LogP contribution >= 0.6 is 0 Å². The van der Waals surface area contributed by atoms with Crippen molar-refractivity contribution in [2.75, 3.05) is 0 Å². The van der Waals surface area contributed by atoms with Gasteiger partial charge < -0.3 is 4.79 Å². The minimum atomic E-state index is 0.679. The Labute approximate surface area is 99.0 Å². The maximum absolute atomic E-state index is 10.6. The van der Waals surface area contributed by atoms with E-state index in [1.54, 1.807) is 0 Å². The summed E-state index contributed by atoms with van der Waals surface area (Å²) in [5.74, 6) is 5.84. The van der Waals surface area contributed by atoms with Crippen LogP contribution in [0.4, 0.5) is 0 Å². The van der Waals surface area contributed by atoms with E-state index in [-0.39, 0.29) is 0 Å². The van der Waals surface area contributed by atoms with Gasteiger partial charge >= 0.3 is 0 Å². The molecular weight excluding hydrogens is 196 g/mol. The van der Waals surface area contributed by atoms with Crippen LogP contribution in [0.15, 0.2) is 0 Å². The van der Waals surface area contributed by atoms with Crippen molar-refractivity contribution in [2.24, 2.45) is 40.9 Å². The molecule has 0 aromatic carbocycles. The molecule has 0 aromatic rings. The molecule has 0 aromatic heterocycles. The first-order valence-electron chi connectivity index (χ1n) is 7.06. The van der Waals surface area contributed by atoms with Crippen LogP contribution in [-0.2, 0) is 4.79 Å². The second kappa shape index (κ2) is 3.34. The van der Waals surface area contributed by atoms with Crippen molar-refractivity contribution >= 4 is 6.29 Å². The number of carbonyl (C=O) groups excluding carboxylic acids is 1. The number of hydrogen-bond donors (Lipinski definition) is 0. The minimum Gasteiger partial charge on any atom is -0.303 e. The van der Waals surface area contributed by atoms with Crippen molar-refractivity contribution in [2.45, 2.75) is 46.5 Å². The molecule has 4 aliphatic carbocycles. The third-order valence-electron chi connectivity index (χ3n) is 5.68. The van der Waals surface area contributed by atoms with E-state index >= 15 is 0 Å². The van der Waals surface area contributed by atoms with E-state index in [9.17, 15) is 4.79 Å². The fourth-order valence-electron chi connectivity index (χ4n) is 5.41. The molecule has 0 amide bonds. The molecule has 0 spiro atoms. The van der Waals surface area contributed by atoms with Crippen molar-refractivity contribution in [1.29, 1.82) is 0 Å². The first-order chi connectivity index (χ1) is 7.63. The van der Waals surface area contributed by atoms with Crippen molar-refractivity contribution in [3.63, 3.8) is 0 Å². The molecule has 0 radical (unpaired) electrons. The standard InChI is InChI=1S/C15H24O/c1-9(2)7-11-8-10(3)12-14-13(11)15(12,14)5-4-6-16/h6,9-14H,4-5,7-8H2,1-3H3/t10?,11?,12?,13?,14-,15+/m1/s1. The molecule has 6 atom stereocenters. The number of hydrogen-bond acceptors (Lipinski definition) is 1. The normalized spacial score (nSPS) is 52.4. The van der Waals surface area contributed by atoms with Crippen LogP contribution in [0.1, 0.15) is 46.5 Å². The van der Waals surface area contributed by atoms with Gasteiger partial charge in [0.25, 0.3) is 0 Å². The Bertz CT molecular complexity index is 307. The van der Waals surface area contributed by atoms with Gasteiger partial charge in [0.2, 0.25) is 0 Å². The predicted octanol–water partition coefficient (Wildman–Crippen LogP) is 3.53. The summed E-state index contributed by atoms with van der Waals surface area (Å²) in [6, 6.07) is 0. The van der Waals surface area contributed by atoms with Gasteiger partial charge in [-0.25, -0.2) is 0 Å². The summed E-state index contributed by atoms with van der Waals surface area (Å²) in [6.45, 7) is 7.15.